The zero-order valence-corrected chi connectivity index (χ0v) is 9.39. The van der Waals surface area contributed by atoms with Gasteiger partial charge in [-0.3, -0.25) is 4.79 Å². The van der Waals surface area contributed by atoms with Gasteiger partial charge in [-0.25, -0.2) is 0 Å². The Kier molecular flexibility index (Phi) is 3.40. The Hall–Kier alpha value is -2.29. The highest BCUT2D eigenvalue weighted by molar-refractivity contribution is 5.98. The highest BCUT2D eigenvalue weighted by Gasteiger charge is 2.05. The lowest BCUT2D eigenvalue weighted by Crippen LogP contribution is -2.14. The van der Waals surface area contributed by atoms with Gasteiger partial charge in [-0.15, -0.1) is 0 Å². The Labute approximate surface area is 100 Å². The molecule has 0 spiro atoms. The highest BCUT2D eigenvalue weighted by atomic mass is 16.1. The minimum absolute atomic E-state index is 0.416. The van der Waals surface area contributed by atoms with Gasteiger partial charge in [0.05, 0.1) is 5.56 Å². The van der Waals surface area contributed by atoms with E-state index in [-0.39, 0.29) is 0 Å². The molecule has 0 aliphatic carbocycles. The molecule has 0 heterocycles. The van der Waals surface area contributed by atoms with E-state index >= 15 is 0 Å². The average Bonchev–Trinajstić information content (AvgIpc) is 2.38. The van der Waals surface area contributed by atoms with E-state index < -0.39 is 5.91 Å². The zero-order valence-electron chi connectivity index (χ0n) is 9.39. The third-order valence-electron chi connectivity index (χ3n) is 2.52. The van der Waals surface area contributed by atoms with E-state index in [2.05, 4.69) is 5.32 Å². The number of hydrogen-bond donors (Lipinski definition) is 2. The minimum atomic E-state index is -0.416. The van der Waals surface area contributed by atoms with E-state index in [0.29, 0.717) is 12.1 Å². The van der Waals surface area contributed by atoms with Crippen LogP contribution < -0.4 is 11.1 Å². The van der Waals surface area contributed by atoms with Gasteiger partial charge in [-0.2, -0.15) is 0 Å². The van der Waals surface area contributed by atoms with Crippen LogP contribution in [0.3, 0.4) is 0 Å². The Morgan fingerprint density at radius 1 is 1.00 bits per heavy atom. The van der Waals surface area contributed by atoms with Crippen molar-refractivity contribution in [1.29, 1.82) is 0 Å². The molecular formula is C14H14N2O. The van der Waals surface area contributed by atoms with Crippen LogP contribution in [0.15, 0.2) is 54.6 Å². The number of primary amides is 1. The number of nitrogens with one attached hydrogen (secondary N) is 1. The Bertz CT molecular complexity index is 509. The molecule has 0 atom stereocenters. The van der Waals surface area contributed by atoms with Crippen molar-refractivity contribution in [1.82, 2.24) is 0 Å². The predicted octanol–water partition coefficient (Wildman–Crippen LogP) is 2.40. The normalized spacial score (nSPS) is 9.88. The summed E-state index contributed by atoms with van der Waals surface area (Å²) in [5.41, 5.74) is 7.75. The third-order valence-corrected chi connectivity index (χ3v) is 2.52. The van der Waals surface area contributed by atoms with E-state index in [1.807, 2.05) is 42.5 Å². The molecular weight excluding hydrogens is 212 g/mol. The molecule has 17 heavy (non-hydrogen) atoms. The molecule has 2 rings (SSSR count). The van der Waals surface area contributed by atoms with E-state index in [0.717, 1.165) is 11.3 Å². The summed E-state index contributed by atoms with van der Waals surface area (Å²) in [4.78, 5) is 11.2. The fraction of sp³-hybridized carbons (Fsp3) is 0.0714. The number of anilines is 1. The van der Waals surface area contributed by atoms with Crippen molar-refractivity contribution in [2.45, 2.75) is 6.54 Å². The third kappa shape index (κ3) is 2.84. The number of carbonyl (C=O) groups is 1. The van der Waals surface area contributed by atoms with Gasteiger partial charge in [0.1, 0.15) is 0 Å². The molecule has 3 heteroatoms. The van der Waals surface area contributed by atoms with E-state index in [1.54, 1.807) is 12.1 Å². The van der Waals surface area contributed by atoms with Crippen LogP contribution in [0.5, 0.6) is 0 Å². The SMILES string of the molecule is NC(=O)c1ccccc1NCc1ccccc1. The molecule has 1 amide bonds. The summed E-state index contributed by atoms with van der Waals surface area (Å²) >= 11 is 0. The summed E-state index contributed by atoms with van der Waals surface area (Å²) in [7, 11) is 0. The largest absolute Gasteiger partial charge is 0.380 e. The van der Waals surface area contributed by atoms with Crippen molar-refractivity contribution in [3.63, 3.8) is 0 Å². The Morgan fingerprint density at radius 3 is 2.35 bits per heavy atom. The lowest BCUT2D eigenvalue weighted by Gasteiger charge is -2.09. The van der Waals surface area contributed by atoms with Crippen LogP contribution in [0.4, 0.5) is 5.69 Å². The van der Waals surface area contributed by atoms with Crippen molar-refractivity contribution < 1.29 is 4.79 Å². The van der Waals surface area contributed by atoms with Crippen LogP contribution in [0.2, 0.25) is 0 Å². The fourth-order valence-electron chi connectivity index (χ4n) is 1.65. The molecule has 0 aromatic heterocycles. The lowest BCUT2D eigenvalue weighted by molar-refractivity contribution is 0.100. The molecule has 0 bridgehead atoms. The van der Waals surface area contributed by atoms with Crippen LogP contribution in [-0.2, 0) is 6.54 Å². The zero-order chi connectivity index (χ0) is 12.1. The molecule has 0 fully saturated rings. The average molecular weight is 226 g/mol. The number of benzene rings is 2. The van der Waals surface area contributed by atoms with E-state index in [4.69, 9.17) is 5.73 Å². The summed E-state index contributed by atoms with van der Waals surface area (Å²) in [6.07, 6.45) is 0. The maximum absolute atomic E-state index is 11.2. The summed E-state index contributed by atoms with van der Waals surface area (Å²) < 4.78 is 0. The second-order valence-electron chi connectivity index (χ2n) is 3.75. The standard InChI is InChI=1S/C14H14N2O/c15-14(17)12-8-4-5-9-13(12)16-10-11-6-2-1-3-7-11/h1-9,16H,10H2,(H2,15,17). The first kappa shape index (κ1) is 11.2. The molecule has 2 aromatic carbocycles. The summed E-state index contributed by atoms with van der Waals surface area (Å²) in [5.74, 6) is -0.416. The molecule has 2 aromatic rings. The molecule has 0 aliphatic rings. The molecule has 0 aliphatic heterocycles. The van der Waals surface area contributed by atoms with Gasteiger partial charge in [0.2, 0.25) is 0 Å². The van der Waals surface area contributed by atoms with E-state index in [9.17, 15) is 4.79 Å². The predicted molar refractivity (Wildman–Crippen MR) is 68.7 cm³/mol. The number of amides is 1. The van der Waals surface area contributed by atoms with Gasteiger partial charge in [0, 0.05) is 12.2 Å². The smallest absolute Gasteiger partial charge is 0.250 e. The monoisotopic (exact) mass is 226 g/mol. The van der Waals surface area contributed by atoms with Gasteiger partial charge in [0.25, 0.3) is 5.91 Å². The van der Waals surface area contributed by atoms with Gasteiger partial charge in [-0.1, -0.05) is 42.5 Å². The topological polar surface area (TPSA) is 55.1 Å². The highest BCUT2D eigenvalue weighted by Crippen LogP contribution is 2.15. The first-order valence-electron chi connectivity index (χ1n) is 5.44. The number of para-hydroxylation sites is 1. The van der Waals surface area contributed by atoms with Crippen molar-refractivity contribution >= 4 is 11.6 Å². The maximum atomic E-state index is 11.2. The molecule has 0 saturated carbocycles. The van der Waals surface area contributed by atoms with Gasteiger partial charge in [0.15, 0.2) is 0 Å². The molecule has 3 nitrogen and oxygen atoms in total. The van der Waals surface area contributed by atoms with Crippen molar-refractivity contribution in [2.75, 3.05) is 5.32 Å². The summed E-state index contributed by atoms with van der Waals surface area (Å²) in [5, 5.41) is 3.21. The first-order chi connectivity index (χ1) is 8.27. The number of nitrogens with two attached hydrogens (primary N) is 1. The molecule has 0 saturated heterocycles. The van der Waals surface area contributed by atoms with Gasteiger partial charge in [-0.05, 0) is 17.7 Å². The Balaban J connectivity index is 2.12. The molecule has 86 valence electrons. The lowest BCUT2D eigenvalue weighted by atomic mass is 10.1. The van der Waals surface area contributed by atoms with Crippen molar-refractivity contribution in [3.8, 4) is 0 Å². The van der Waals surface area contributed by atoms with Gasteiger partial charge < -0.3 is 11.1 Å². The van der Waals surface area contributed by atoms with Crippen LogP contribution in [0.25, 0.3) is 0 Å². The quantitative estimate of drug-likeness (QED) is 0.841. The van der Waals surface area contributed by atoms with Crippen LogP contribution >= 0.6 is 0 Å². The summed E-state index contributed by atoms with van der Waals surface area (Å²) in [6.45, 7) is 0.672. The minimum Gasteiger partial charge on any atom is -0.380 e. The molecule has 0 unspecified atom stereocenters. The van der Waals surface area contributed by atoms with Crippen LogP contribution in [0, 0.1) is 0 Å². The first-order valence-corrected chi connectivity index (χ1v) is 5.44. The van der Waals surface area contributed by atoms with E-state index in [1.165, 1.54) is 0 Å². The summed E-state index contributed by atoms with van der Waals surface area (Å²) in [6, 6.07) is 17.2. The molecule has 0 radical (unpaired) electrons. The van der Waals surface area contributed by atoms with Crippen molar-refractivity contribution in [2.24, 2.45) is 5.73 Å². The number of carbonyl (C=O) groups excluding carboxylic acids is 1. The Morgan fingerprint density at radius 2 is 1.65 bits per heavy atom. The van der Waals surface area contributed by atoms with Crippen LogP contribution in [-0.4, -0.2) is 5.91 Å². The second-order valence-corrected chi connectivity index (χ2v) is 3.75. The number of hydrogen-bond acceptors (Lipinski definition) is 2. The van der Waals surface area contributed by atoms with Crippen LogP contribution in [0.1, 0.15) is 15.9 Å². The second kappa shape index (κ2) is 5.16. The van der Waals surface area contributed by atoms with Crippen molar-refractivity contribution in [3.05, 3.63) is 65.7 Å². The molecule has 3 N–H and O–H groups in total. The maximum Gasteiger partial charge on any atom is 0.250 e. The van der Waals surface area contributed by atoms with Gasteiger partial charge >= 0.3 is 0 Å². The number of rotatable bonds is 4. The fourth-order valence-corrected chi connectivity index (χ4v) is 1.65.